The fourth-order valence-corrected chi connectivity index (χ4v) is 18.2. The second-order valence-electron chi connectivity index (χ2n) is 7.41. The topological polar surface area (TPSA) is 79.6 Å². The number of rotatable bonds is 3. The molecule has 148 valence electrons. The van der Waals surface area contributed by atoms with Crippen molar-refractivity contribution in [3.8, 4) is 0 Å². The van der Waals surface area contributed by atoms with E-state index in [1.54, 1.807) is 25.7 Å². The van der Waals surface area contributed by atoms with E-state index in [-0.39, 0.29) is 39.0 Å². The van der Waals surface area contributed by atoms with Crippen molar-refractivity contribution in [2.45, 2.75) is 88.6 Å². The van der Waals surface area contributed by atoms with Gasteiger partial charge in [-0.1, -0.05) is 77.6 Å². The average molecular weight is 569 g/mol. The molecule has 0 atom stereocenters. The molecule has 8 heteroatoms. The largest absolute Gasteiger partial charge is 1.00 e. The summed E-state index contributed by atoms with van der Waals surface area (Å²) in [5.41, 5.74) is 2.38. The van der Waals surface area contributed by atoms with Gasteiger partial charge in [-0.3, -0.25) is 0 Å². The molecule has 2 fully saturated rings. The molecular formula is C18H30O4Ru2Si2+2. The molecule has 2 rings (SSSR count). The van der Waals surface area contributed by atoms with Gasteiger partial charge >= 0.3 is 84.2 Å². The third kappa shape index (κ3) is 10.8. The summed E-state index contributed by atoms with van der Waals surface area (Å²) in [6, 6.07) is 0. The minimum atomic E-state index is -0.924. The van der Waals surface area contributed by atoms with Crippen molar-refractivity contribution in [1.29, 1.82) is 0 Å². The van der Waals surface area contributed by atoms with Crippen LogP contribution < -0.4 is 0 Å². The van der Waals surface area contributed by atoms with Crippen molar-refractivity contribution >= 4 is 15.2 Å². The maximum atomic E-state index is 7.50. The quantitative estimate of drug-likeness (QED) is 0.254. The van der Waals surface area contributed by atoms with Gasteiger partial charge < -0.3 is 0 Å². The van der Waals surface area contributed by atoms with Gasteiger partial charge in [-0.05, 0) is 11.1 Å². The van der Waals surface area contributed by atoms with Gasteiger partial charge in [-0.15, -0.1) is 0 Å². The number of hydrogen-bond acceptors (Lipinski definition) is 0. The van der Waals surface area contributed by atoms with E-state index in [4.69, 9.17) is 18.6 Å². The molecule has 2 radical (unpaired) electrons. The molecular weight excluding hydrogens is 539 g/mol. The first kappa shape index (κ1) is 37.4. The molecule has 0 aliphatic heterocycles. The van der Waals surface area contributed by atoms with E-state index in [1.807, 2.05) is 0 Å². The molecule has 0 amide bonds. The average Bonchev–Trinajstić information content (AvgIpc) is 3.36. The van der Waals surface area contributed by atoms with E-state index in [9.17, 15) is 0 Å². The van der Waals surface area contributed by atoms with Crippen molar-refractivity contribution in [2.24, 2.45) is 0 Å². The van der Waals surface area contributed by atoms with Crippen molar-refractivity contribution < 1.29 is 57.6 Å². The Hall–Kier alpha value is 0.641. The Morgan fingerprint density at radius 1 is 0.500 bits per heavy atom. The molecule has 0 aromatic carbocycles. The third-order valence-electron chi connectivity index (χ3n) is 6.41. The second kappa shape index (κ2) is 21.9. The number of hydrogen-bond donors (Lipinski definition) is 0. The van der Waals surface area contributed by atoms with Gasteiger partial charge in [0.25, 0.3) is 0 Å². The molecule has 2 aliphatic rings. The van der Waals surface area contributed by atoms with Crippen LogP contribution in [0.4, 0.5) is 0 Å². The summed E-state index contributed by atoms with van der Waals surface area (Å²) < 4.78 is 30.0. The molecule has 4 nitrogen and oxygen atoms in total. The fourth-order valence-electron chi connectivity index (χ4n) is 4.35. The van der Waals surface area contributed by atoms with E-state index in [2.05, 4.69) is 52.8 Å². The maximum Gasteiger partial charge on any atom is 1.00 e. The predicted octanol–water partition coefficient (Wildman–Crippen LogP) is 5.21. The zero-order valence-electron chi connectivity index (χ0n) is 16.2. The van der Waals surface area contributed by atoms with Crippen LogP contribution in [0.2, 0.25) is 37.3 Å². The molecule has 0 heterocycles. The minimum absolute atomic E-state index is 0. The smallest absolute Gasteiger partial charge is 1.00 e. The van der Waals surface area contributed by atoms with Crippen LogP contribution in [0.3, 0.4) is 0 Å². The molecule has 0 spiro atoms. The summed E-state index contributed by atoms with van der Waals surface area (Å²) in [6.45, 7) is 29.0. The molecule has 2 saturated carbocycles. The Balaban J connectivity index is -0.000000131. The monoisotopic (exact) mass is 570 g/mol. The Kier molecular flexibility index (Phi) is 31.6. The van der Waals surface area contributed by atoms with Gasteiger partial charge in [0.1, 0.15) is 0 Å². The first-order valence-electron chi connectivity index (χ1n) is 8.28. The van der Waals surface area contributed by atoms with Gasteiger partial charge in [0, 0.05) is 15.2 Å². The van der Waals surface area contributed by atoms with E-state index in [0.717, 1.165) is 0 Å². The van der Waals surface area contributed by atoms with Crippen LogP contribution in [-0.2, 0) is 57.6 Å². The zero-order valence-corrected chi connectivity index (χ0v) is 21.6. The Labute approximate surface area is 187 Å². The zero-order chi connectivity index (χ0) is 19.8. The molecule has 2 aliphatic carbocycles. The van der Waals surface area contributed by atoms with E-state index in [1.165, 1.54) is 36.8 Å². The summed E-state index contributed by atoms with van der Waals surface area (Å²) in [4.78, 5) is 0. The predicted molar refractivity (Wildman–Crippen MR) is 95.1 cm³/mol. The van der Waals surface area contributed by atoms with Crippen LogP contribution in [0.5, 0.6) is 0 Å². The van der Waals surface area contributed by atoms with E-state index in [0.29, 0.717) is 0 Å². The molecule has 0 aromatic rings. The van der Waals surface area contributed by atoms with Crippen molar-refractivity contribution in [1.82, 2.24) is 0 Å². The summed E-state index contributed by atoms with van der Waals surface area (Å²) >= 11 is 0. The molecule has 0 unspecified atom stereocenters. The molecule has 0 bridgehead atoms. The Bertz CT molecular complexity index is 345. The Morgan fingerprint density at radius 2 is 0.654 bits per heavy atom. The molecule has 0 saturated heterocycles. The van der Waals surface area contributed by atoms with E-state index < -0.39 is 15.2 Å². The maximum absolute atomic E-state index is 7.50. The summed E-state index contributed by atoms with van der Waals surface area (Å²) in [7, 11) is -1.85. The van der Waals surface area contributed by atoms with Gasteiger partial charge in [0.15, 0.2) is 0 Å². The van der Waals surface area contributed by atoms with Crippen LogP contribution in [0.15, 0.2) is 0 Å². The summed E-state index contributed by atoms with van der Waals surface area (Å²) in [5.74, 6) is 0. The molecule has 0 N–H and O–H groups in total. The molecule has 0 aromatic heterocycles. The van der Waals surface area contributed by atoms with Gasteiger partial charge in [0.2, 0.25) is 0 Å². The van der Waals surface area contributed by atoms with Crippen LogP contribution in [0.1, 0.15) is 51.4 Å². The fraction of sp³-hybridized carbons (Fsp3) is 0.778. The first-order chi connectivity index (χ1) is 11.5. The van der Waals surface area contributed by atoms with Crippen LogP contribution in [-0.4, -0.2) is 15.2 Å². The van der Waals surface area contributed by atoms with Crippen molar-refractivity contribution in [3.63, 3.8) is 0 Å². The van der Waals surface area contributed by atoms with Crippen LogP contribution in [0, 0.1) is 26.6 Å². The summed E-state index contributed by atoms with van der Waals surface area (Å²) in [6.07, 6.45) is 12.5. The normalized spacial score (nSPS) is 16.0. The van der Waals surface area contributed by atoms with Crippen LogP contribution >= 0.6 is 0 Å². The SMILES string of the molecule is C[Si](C)(C1CCCC1)[Si](C)(C)C1CCCC1.[C-]#[O+].[C-]#[O+].[C-]#[O+].[C-]#[O+].[Ru+].[Ru+]. The summed E-state index contributed by atoms with van der Waals surface area (Å²) in [5, 5.41) is 0. The third-order valence-corrected chi connectivity index (χ3v) is 27.4. The van der Waals surface area contributed by atoms with Crippen molar-refractivity contribution in [2.75, 3.05) is 0 Å². The second-order valence-corrected chi connectivity index (χ2v) is 23.7. The van der Waals surface area contributed by atoms with E-state index >= 15 is 0 Å². The minimum Gasteiger partial charge on any atom is 1.00 e. The van der Waals surface area contributed by atoms with Gasteiger partial charge in [0.05, 0.1) is 0 Å². The van der Waals surface area contributed by atoms with Gasteiger partial charge in [-0.2, -0.15) is 0 Å². The van der Waals surface area contributed by atoms with Crippen LogP contribution in [0.25, 0.3) is 0 Å². The first-order valence-corrected chi connectivity index (χ1v) is 15.4. The van der Waals surface area contributed by atoms with Crippen molar-refractivity contribution in [3.05, 3.63) is 26.6 Å². The van der Waals surface area contributed by atoms with Gasteiger partial charge in [-0.25, -0.2) is 0 Å². The Morgan fingerprint density at radius 3 is 0.808 bits per heavy atom. The standard InChI is InChI=1S/C14H30Si2.4CO.2Ru/c1-15(2,13-9-5-6-10-13)16(3,4)14-11-7-8-12-14;4*1-2;;/h13-14H,5-12H2,1-4H3;;;;;;/q;;;;;2*+1. The molecule has 26 heavy (non-hydrogen) atoms.